The Hall–Kier alpha value is -1.71. The van der Waals surface area contributed by atoms with Crippen molar-refractivity contribution in [2.24, 2.45) is 0 Å². The molecule has 92 valence electrons. The number of carboxylic acid groups (broad SMARTS) is 1. The Labute approximate surface area is 114 Å². The van der Waals surface area contributed by atoms with Crippen LogP contribution >= 0.6 is 23.2 Å². The molecule has 18 heavy (non-hydrogen) atoms. The van der Waals surface area contributed by atoms with E-state index < -0.39 is 5.97 Å². The molecule has 0 unspecified atom stereocenters. The minimum Gasteiger partial charge on any atom is -0.478 e. The van der Waals surface area contributed by atoms with Gasteiger partial charge in [-0.1, -0.05) is 23.2 Å². The number of hydrogen-bond donors (Lipinski definition) is 1. The van der Waals surface area contributed by atoms with Crippen molar-refractivity contribution in [3.8, 4) is 11.5 Å². The van der Waals surface area contributed by atoms with Gasteiger partial charge in [0, 0.05) is 5.02 Å². The molecule has 0 saturated heterocycles. The minimum absolute atomic E-state index is 0.199. The van der Waals surface area contributed by atoms with Gasteiger partial charge in [0.2, 0.25) is 0 Å². The van der Waals surface area contributed by atoms with Crippen molar-refractivity contribution in [3.05, 3.63) is 58.1 Å². The lowest BCUT2D eigenvalue weighted by atomic mass is 10.2. The molecule has 0 aromatic heterocycles. The number of ether oxygens (including phenoxy) is 1. The van der Waals surface area contributed by atoms with Crippen molar-refractivity contribution < 1.29 is 14.6 Å². The maximum absolute atomic E-state index is 10.7. The highest BCUT2D eigenvalue weighted by molar-refractivity contribution is 6.35. The van der Waals surface area contributed by atoms with E-state index in [2.05, 4.69) is 0 Å². The normalized spacial score (nSPS) is 10.1. The first-order valence-electron chi connectivity index (χ1n) is 5.02. The van der Waals surface area contributed by atoms with Gasteiger partial charge in [-0.15, -0.1) is 0 Å². The quantitative estimate of drug-likeness (QED) is 0.903. The van der Waals surface area contributed by atoms with Crippen LogP contribution in [-0.4, -0.2) is 11.1 Å². The third-order valence-corrected chi connectivity index (χ3v) is 2.75. The Morgan fingerprint density at radius 1 is 1.06 bits per heavy atom. The van der Waals surface area contributed by atoms with E-state index >= 15 is 0 Å². The number of hydrogen-bond acceptors (Lipinski definition) is 2. The van der Waals surface area contributed by atoms with Crippen molar-refractivity contribution in [2.45, 2.75) is 0 Å². The maximum Gasteiger partial charge on any atom is 0.335 e. The summed E-state index contributed by atoms with van der Waals surface area (Å²) >= 11 is 11.7. The lowest BCUT2D eigenvalue weighted by molar-refractivity contribution is 0.0697. The van der Waals surface area contributed by atoms with Crippen LogP contribution in [0.5, 0.6) is 11.5 Å². The third kappa shape index (κ3) is 2.94. The zero-order valence-electron chi connectivity index (χ0n) is 9.06. The fourth-order valence-electron chi connectivity index (χ4n) is 1.35. The molecule has 5 heteroatoms. The van der Waals surface area contributed by atoms with E-state index in [4.69, 9.17) is 33.0 Å². The van der Waals surface area contributed by atoms with E-state index in [9.17, 15) is 4.79 Å². The molecule has 0 aliphatic rings. The van der Waals surface area contributed by atoms with Gasteiger partial charge in [0.15, 0.2) is 0 Å². The van der Waals surface area contributed by atoms with Crippen LogP contribution < -0.4 is 4.74 Å². The number of rotatable bonds is 3. The molecule has 0 saturated carbocycles. The first kappa shape index (κ1) is 12.7. The van der Waals surface area contributed by atoms with Gasteiger partial charge in [0.25, 0.3) is 0 Å². The zero-order valence-corrected chi connectivity index (χ0v) is 10.6. The first-order valence-corrected chi connectivity index (χ1v) is 5.78. The first-order chi connectivity index (χ1) is 8.56. The van der Waals surface area contributed by atoms with E-state index in [-0.39, 0.29) is 5.56 Å². The summed E-state index contributed by atoms with van der Waals surface area (Å²) in [4.78, 5) is 10.7. The lowest BCUT2D eigenvalue weighted by Crippen LogP contribution is -1.95. The second kappa shape index (κ2) is 5.29. The molecule has 1 N–H and O–H groups in total. The average Bonchev–Trinajstić information content (AvgIpc) is 2.33. The summed E-state index contributed by atoms with van der Waals surface area (Å²) in [5.74, 6) is -0.0144. The number of carbonyl (C=O) groups is 1. The molecular weight excluding hydrogens is 275 g/mol. The largest absolute Gasteiger partial charge is 0.478 e. The van der Waals surface area contributed by atoms with Crippen molar-refractivity contribution in [1.29, 1.82) is 0 Å². The fourth-order valence-corrected chi connectivity index (χ4v) is 1.80. The number of carboxylic acids is 1. The van der Waals surface area contributed by atoms with E-state index in [0.717, 1.165) is 0 Å². The predicted molar refractivity (Wildman–Crippen MR) is 69.9 cm³/mol. The van der Waals surface area contributed by atoms with Gasteiger partial charge in [-0.05, 0) is 42.5 Å². The van der Waals surface area contributed by atoms with Gasteiger partial charge in [-0.3, -0.25) is 0 Å². The Bertz CT molecular complexity index is 579. The minimum atomic E-state index is -0.980. The molecule has 0 atom stereocenters. The Kier molecular flexibility index (Phi) is 3.75. The van der Waals surface area contributed by atoms with Crippen molar-refractivity contribution in [3.63, 3.8) is 0 Å². The highest BCUT2D eigenvalue weighted by Crippen LogP contribution is 2.31. The van der Waals surface area contributed by atoms with Crippen LogP contribution in [0.4, 0.5) is 0 Å². The van der Waals surface area contributed by atoms with Crippen LogP contribution in [0, 0.1) is 0 Å². The van der Waals surface area contributed by atoms with E-state index in [1.54, 1.807) is 30.3 Å². The Balaban J connectivity index is 2.21. The maximum atomic E-state index is 10.7. The van der Waals surface area contributed by atoms with E-state index in [1.807, 2.05) is 0 Å². The average molecular weight is 283 g/mol. The van der Waals surface area contributed by atoms with Gasteiger partial charge >= 0.3 is 5.97 Å². The highest BCUT2D eigenvalue weighted by atomic mass is 35.5. The molecule has 0 spiro atoms. The zero-order chi connectivity index (χ0) is 13.1. The number of aromatic carboxylic acids is 1. The van der Waals surface area contributed by atoms with Crippen molar-refractivity contribution >= 4 is 29.2 Å². The molecule has 0 bridgehead atoms. The molecule has 2 aromatic rings. The summed E-state index contributed by atoms with van der Waals surface area (Å²) in [7, 11) is 0. The summed E-state index contributed by atoms with van der Waals surface area (Å²) in [5, 5.41) is 9.68. The van der Waals surface area contributed by atoms with Gasteiger partial charge in [0.05, 0.1) is 10.6 Å². The van der Waals surface area contributed by atoms with E-state index in [1.165, 1.54) is 12.1 Å². The lowest BCUT2D eigenvalue weighted by Gasteiger charge is -2.07. The SMILES string of the molecule is O=C(O)c1ccc(Oc2ccc(Cl)cc2Cl)cc1. The van der Waals surface area contributed by atoms with Crippen LogP contribution in [0.15, 0.2) is 42.5 Å². The molecule has 2 aromatic carbocycles. The number of benzene rings is 2. The Morgan fingerprint density at radius 3 is 2.28 bits per heavy atom. The molecule has 0 amide bonds. The van der Waals surface area contributed by atoms with Crippen LogP contribution in [0.2, 0.25) is 10.0 Å². The van der Waals surface area contributed by atoms with Gasteiger partial charge in [0.1, 0.15) is 11.5 Å². The van der Waals surface area contributed by atoms with Crippen LogP contribution in [-0.2, 0) is 0 Å². The second-order valence-electron chi connectivity index (χ2n) is 3.51. The third-order valence-electron chi connectivity index (χ3n) is 2.22. The van der Waals surface area contributed by atoms with Gasteiger partial charge < -0.3 is 9.84 Å². The molecule has 2 rings (SSSR count). The summed E-state index contributed by atoms with van der Waals surface area (Å²) in [6.45, 7) is 0. The highest BCUT2D eigenvalue weighted by Gasteiger charge is 2.06. The Morgan fingerprint density at radius 2 is 1.72 bits per heavy atom. The monoisotopic (exact) mass is 282 g/mol. The molecule has 0 heterocycles. The smallest absolute Gasteiger partial charge is 0.335 e. The molecule has 3 nitrogen and oxygen atoms in total. The molecular formula is C13H8Cl2O3. The fraction of sp³-hybridized carbons (Fsp3) is 0. The van der Waals surface area contributed by atoms with Crippen LogP contribution in [0.1, 0.15) is 10.4 Å². The summed E-state index contributed by atoms with van der Waals surface area (Å²) < 4.78 is 5.52. The summed E-state index contributed by atoms with van der Waals surface area (Å²) in [5.41, 5.74) is 0.199. The summed E-state index contributed by atoms with van der Waals surface area (Å²) in [6, 6.07) is 10.9. The topological polar surface area (TPSA) is 46.5 Å². The van der Waals surface area contributed by atoms with Crippen LogP contribution in [0.25, 0.3) is 0 Å². The van der Waals surface area contributed by atoms with Gasteiger partial charge in [-0.2, -0.15) is 0 Å². The van der Waals surface area contributed by atoms with Crippen molar-refractivity contribution in [1.82, 2.24) is 0 Å². The molecule has 0 fully saturated rings. The molecule has 0 aliphatic carbocycles. The predicted octanol–water partition coefficient (Wildman–Crippen LogP) is 4.48. The standard InChI is InChI=1S/C13H8Cl2O3/c14-9-3-6-12(11(15)7-9)18-10-4-1-8(2-5-10)13(16)17/h1-7H,(H,16,17). The molecule has 0 radical (unpaired) electrons. The summed E-state index contributed by atoms with van der Waals surface area (Å²) in [6.07, 6.45) is 0. The van der Waals surface area contributed by atoms with Crippen LogP contribution in [0.3, 0.4) is 0 Å². The van der Waals surface area contributed by atoms with Gasteiger partial charge in [-0.25, -0.2) is 4.79 Å². The second-order valence-corrected chi connectivity index (χ2v) is 4.35. The van der Waals surface area contributed by atoms with E-state index in [0.29, 0.717) is 21.5 Å². The molecule has 0 aliphatic heterocycles. The number of halogens is 2. The van der Waals surface area contributed by atoms with Crippen molar-refractivity contribution in [2.75, 3.05) is 0 Å².